The van der Waals surface area contributed by atoms with Gasteiger partial charge in [-0.05, 0) is 31.2 Å². The maximum atomic E-state index is 13.4. The van der Waals surface area contributed by atoms with Crippen LogP contribution in [-0.4, -0.2) is 53.4 Å². The van der Waals surface area contributed by atoms with E-state index in [1.807, 2.05) is 0 Å². The van der Waals surface area contributed by atoms with E-state index in [9.17, 15) is 9.59 Å². The molecule has 0 saturated carbocycles. The Morgan fingerprint density at radius 2 is 1.66 bits per heavy atom. The molecule has 1 amide bonds. The normalized spacial score (nSPS) is 10.9. The number of hydrogen-bond acceptors (Lipinski definition) is 8. The van der Waals surface area contributed by atoms with Crippen LogP contribution in [0.15, 0.2) is 41.2 Å². The van der Waals surface area contributed by atoms with Gasteiger partial charge in [0.25, 0.3) is 5.91 Å². The second-order valence-corrected chi connectivity index (χ2v) is 7.41. The van der Waals surface area contributed by atoms with Crippen LogP contribution in [0.25, 0.3) is 28.2 Å². The van der Waals surface area contributed by atoms with Crippen LogP contribution in [0, 0.1) is 0 Å². The van der Waals surface area contributed by atoms with Gasteiger partial charge in [-0.2, -0.15) is 0 Å². The summed E-state index contributed by atoms with van der Waals surface area (Å²) in [7, 11) is 6.00. The lowest BCUT2D eigenvalue weighted by atomic mass is 10.1. The van der Waals surface area contributed by atoms with Crippen LogP contribution in [-0.2, 0) is 6.54 Å². The lowest BCUT2D eigenvalue weighted by Gasteiger charge is -2.14. The first-order valence-corrected chi connectivity index (χ1v) is 10.7. The topological polar surface area (TPSA) is 133 Å². The van der Waals surface area contributed by atoms with E-state index in [4.69, 9.17) is 24.7 Å². The average Bonchev–Trinajstić information content (AvgIpc) is 3.17. The molecule has 2 aromatic heterocycles. The van der Waals surface area contributed by atoms with E-state index in [1.165, 1.54) is 37.6 Å². The molecular formula is C24H25N5O6. The van der Waals surface area contributed by atoms with E-state index < -0.39 is 11.6 Å². The number of amides is 1. The third-order valence-corrected chi connectivity index (χ3v) is 5.55. The minimum absolute atomic E-state index is 0.0839. The van der Waals surface area contributed by atoms with Crippen molar-refractivity contribution in [3.63, 3.8) is 0 Å². The molecule has 2 N–H and O–H groups in total. The van der Waals surface area contributed by atoms with Crippen LogP contribution in [0.2, 0.25) is 0 Å². The maximum Gasteiger partial charge on any atom is 0.335 e. The molecule has 4 rings (SSSR count). The van der Waals surface area contributed by atoms with Crippen molar-refractivity contribution >= 4 is 17.1 Å². The Balaban J connectivity index is 2.11. The monoisotopic (exact) mass is 479 g/mol. The highest BCUT2D eigenvalue weighted by atomic mass is 16.5. The molecule has 0 fully saturated rings. The Bertz CT molecular complexity index is 1470. The fraction of sp³-hybridized carbons (Fsp3) is 0.250. The molecule has 4 aromatic rings. The van der Waals surface area contributed by atoms with E-state index in [2.05, 4.69) is 9.97 Å². The Morgan fingerprint density at radius 1 is 0.971 bits per heavy atom. The second kappa shape index (κ2) is 9.37. The van der Waals surface area contributed by atoms with Gasteiger partial charge < -0.3 is 24.7 Å². The second-order valence-electron chi connectivity index (χ2n) is 7.41. The number of carbonyl (C=O) groups is 1. The number of ether oxygens (including phenoxy) is 4. The van der Waals surface area contributed by atoms with Crippen molar-refractivity contribution in [3.05, 3.63) is 52.6 Å². The quantitative estimate of drug-likeness (QED) is 0.407. The zero-order chi connectivity index (χ0) is 25.3. The van der Waals surface area contributed by atoms with Gasteiger partial charge in [-0.25, -0.2) is 19.3 Å². The smallest absolute Gasteiger partial charge is 0.335 e. The molecule has 0 atom stereocenters. The third kappa shape index (κ3) is 3.90. The number of aryl methyl sites for hydroxylation is 1. The van der Waals surface area contributed by atoms with Gasteiger partial charge >= 0.3 is 5.69 Å². The van der Waals surface area contributed by atoms with Gasteiger partial charge in [0, 0.05) is 18.2 Å². The van der Waals surface area contributed by atoms with Crippen LogP contribution in [0.1, 0.15) is 17.4 Å². The number of nitrogens with two attached hydrogens (primary N) is 1. The van der Waals surface area contributed by atoms with Crippen molar-refractivity contribution in [2.45, 2.75) is 13.5 Å². The summed E-state index contributed by atoms with van der Waals surface area (Å²) in [6.45, 7) is 2.06. The number of aromatic nitrogens is 4. The Labute approximate surface area is 200 Å². The molecule has 2 heterocycles. The third-order valence-electron chi connectivity index (χ3n) is 5.55. The number of methoxy groups -OCH3 is 4. The summed E-state index contributed by atoms with van der Waals surface area (Å²) < 4.78 is 24.4. The number of rotatable bonds is 8. The van der Waals surface area contributed by atoms with Crippen molar-refractivity contribution in [1.29, 1.82) is 0 Å². The van der Waals surface area contributed by atoms with Crippen molar-refractivity contribution < 1.29 is 23.7 Å². The largest absolute Gasteiger partial charge is 0.497 e. The molecule has 35 heavy (non-hydrogen) atoms. The molecule has 0 unspecified atom stereocenters. The fourth-order valence-corrected chi connectivity index (χ4v) is 3.94. The molecule has 0 aliphatic rings. The lowest BCUT2D eigenvalue weighted by Crippen LogP contribution is -2.23. The minimum atomic E-state index is -0.795. The Morgan fingerprint density at radius 3 is 2.20 bits per heavy atom. The molecular weight excluding hydrogens is 454 g/mol. The van der Waals surface area contributed by atoms with Crippen LogP contribution in [0.5, 0.6) is 23.0 Å². The summed E-state index contributed by atoms with van der Waals surface area (Å²) >= 11 is 0. The zero-order valence-corrected chi connectivity index (χ0v) is 20.0. The van der Waals surface area contributed by atoms with Crippen molar-refractivity contribution in [3.8, 4) is 40.1 Å². The van der Waals surface area contributed by atoms with Crippen molar-refractivity contribution in [1.82, 2.24) is 19.1 Å². The number of imidazole rings is 1. The van der Waals surface area contributed by atoms with E-state index in [0.717, 1.165) is 0 Å². The van der Waals surface area contributed by atoms with E-state index in [1.54, 1.807) is 43.3 Å². The summed E-state index contributed by atoms with van der Waals surface area (Å²) in [6.07, 6.45) is 0. The highest BCUT2D eigenvalue weighted by Crippen LogP contribution is 2.40. The fourth-order valence-electron chi connectivity index (χ4n) is 3.94. The molecule has 0 bridgehead atoms. The minimum Gasteiger partial charge on any atom is -0.497 e. The summed E-state index contributed by atoms with van der Waals surface area (Å²) in [5.41, 5.74) is 6.67. The van der Waals surface area contributed by atoms with Crippen LogP contribution < -0.4 is 30.4 Å². The van der Waals surface area contributed by atoms with Crippen LogP contribution >= 0.6 is 0 Å². The van der Waals surface area contributed by atoms with Gasteiger partial charge in [0.1, 0.15) is 11.3 Å². The first kappa shape index (κ1) is 23.6. The molecule has 0 aliphatic carbocycles. The van der Waals surface area contributed by atoms with Crippen LogP contribution in [0.4, 0.5) is 0 Å². The zero-order valence-electron chi connectivity index (χ0n) is 20.0. The number of carbonyl (C=O) groups excluding carboxylic acids is 1. The number of nitrogens with zero attached hydrogens (tertiary/aromatic N) is 4. The summed E-state index contributed by atoms with van der Waals surface area (Å²) in [6, 6.07) is 10.3. The number of primary amides is 1. The first-order chi connectivity index (χ1) is 16.9. The number of fused-ring (bicyclic) bond motifs is 1. The van der Waals surface area contributed by atoms with E-state index >= 15 is 0 Å². The molecule has 0 radical (unpaired) electrons. The van der Waals surface area contributed by atoms with Gasteiger partial charge in [-0.3, -0.25) is 9.36 Å². The van der Waals surface area contributed by atoms with Crippen LogP contribution in [0.3, 0.4) is 0 Å². The van der Waals surface area contributed by atoms with Gasteiger partial charge in [0.15, 0.2) is 28.7 Å². The molecule has 0 aliphatic heterocycles. The van der Waals surface area contributed by atoms with Gasteiger partial charge in [-0.1, -0.05) is 6.07 Å². The Hall–Kier alpha value is -4.54. The predicted octanol–water partition coefficient (Wildman–Crippen LogP) is 2.40. The molecule has 182 valence electrons. The predicted molar refractivity (Wildman–Crippen MR) is 129 cm³/mol. The van der Waals surface area contributed by atoms with E-state index in [0.29, 0.717) is 34.2 Å². The lowest BCUT2D eigenvalue weighted by molar-refractivity contribution is 0.0997. The average molecular weight is 479 g/mol. The molecule has 11 heteroatoms. The highest BCUT2D eigenvalue weighted by molar-refractivity contribution is 6.02. The van der Waals surface area contributed by atoms with Crippen molar-refractivity contribution in [2.24, 2.45) is 5.73 Å². The molecule has 11 nitrogen and oxygen atoms in total. The summed E-state index contributed by atoms with van der Waals surface area (Å²) in [5.74, 6) is 1.05. The first-order valence-electron chi connectivity index (χ1n) is 10.7. The van der Waals surface area contributed by atoms with Gasteiger partial charge in [-0.15, -0.1) is 0 Å². The number of benzene rings is 2. The summed E-state index contributed by atoms with van der Waals surface area (Å²) in [5, 5.41) is 0. The standard InChI is InChI=1S/C24H25N5O6/c1-6-28-19-18(21(25)30)26-22(13-10-16(33-3)20(35-5)17(11-13)34-4)27-23(19)29(24(28)31)14-8-7-9-15(12-14)32-2/h7-12H,6H2,1-5H3,(H2,25,30). The molecule has 0 saturated heterocycles. The van der Waals surface area contributed by atoms with E-state index in [-0.39, 0.29) is 29.2 Å². The molecule has 2 aromatic carbocycles. The highest BCUT2D eigenvalue weighted by Gasteiger charge is 2.25. The van der Waals surface area contributed by atoms with Gasteiger partial charge in [0.2, 0.25) is 5.75 Å². The molecule has 0 spiro atoms. The SMILES string of the molecule is CCn1c(=O)n(-c2cccc(OC)c2)c2nc(-c3cc(OC)c(OC)c(OC)c3)nc(C(N)=O)c21. The summed E-state index contributed by atoms with van der Waals surface area (Å²) in [4.78, 5) is 35.0. The van der Waals surface area contributed by atoms with Crippen molar-refractivity contribution in [2.75, 3.05) is 28.4 Å². The van der Waals surface area contributed by atoms with Gasteiger partial charge in [0.05, 0.1) is 34.1 Å². The Kier molecular flexibility index (Phi) is 6.32. The number of hydrogen-bond donors (Lipinski definition) is 1. The maximum absolute atomic E-state index is 13.4.